The van der Waals surface area contributed by atoms with Crippen LogP contribution in [0.15, 0.2) is 24.3 Å². The Hall–Kier alpha value is -1.88. The van der Waals surface area contributed by atoms with Crippen LogP contribution in [0, 0.1) is 37.1 Å². The van der Waals surface area contributed by atoms with E-state index in [-0.39, 0.29) is 0 Å². The van der Waals surface area contributed by atoms with Crippen LogP contribution in [-0.2, 0) is 0 Å². The number of benzene rings is 2. The van der Waals surface area contributed by atoms with E-state index in [0.29, 0.717) is 28.8 Å². The van der Waals surface area contributed by atoms with Crippen molar-refractivity contribution in [3.05, 3.63) is 69.8 Å². The van der Waals surface area contributed by atoms with Crippen molar-refractivity contribution in [2.24, 2.45) is 5.73 Å². The first-order chi connectivity index (χ1) is 9.31. The lowest BCUT2D eigenvalue weighted by Crippen LogP contribution is -2.18. The van der Waals surface area contributed by atoms with E-state index in [2.05, 4.69) is 0 Å². The summed E-state index contributed by atoms with van der Waals surface area (Å²) in [7, 11) is 0. The van der Waals surface area contributed by atoms with Crippen LogP contribution in [0.3, 0.4) is 0 Å². The van der Waals surface area contributed by atoms with Gasteiger partial charge in [-0.15, -0.1) is 0 Å². The van der Waals surface area contributed by atoms with Gasteiger partial charge < -0.3 is 5.73 Å². The number of nitrogens with two attached hydrogens (primary N) is 1. The van der Waals surface area contributed by atoms with Gasteiger partial charge >= 0.3 is 0 Å². The molecule has 106 valence electrons. The summed E-state index contributed by atoms with van der Waals surface area (Å²) in [6.45, 7) is 3.20. The molecule has 0 aliphatic carbocycles. The van der Waals surface area contributed by atoms with Crippen molar-refractivity contribution in [3.63, 3.8) is 0 Å². The maximum absolute atomic E-state index is 13.8. The van der Waals surface area contributed by atoms with Gasteiger partial charge in [0.25, 0.3) is 0 Å². The zero-order chi connectivity index (χ0) is 15.0. The minimum Gasteiger partial charge on any atom is -0.320 e. The second kappa shape index (κ2) is 5.25. The van der Waals surface area contributed by atoms with Crippen LogP contribution in [-0.4, -0.2) is 0 Å². The molecule has 0 radical (unpaired) electrons. The van der Waals surface area contributed by atoms with Crippen LogP contribution in [0.25, 0.3) is 0 Å². The first-order valence-electron chi connectivity index (χ1n) is 5.98. The van der Waals surface area contributed by atoms with Crippen molar-refractivity contribution >= 4 is 0 Å². The van der Waals surface area contributed by atoms with Crippen molar-refractivity contribution < 1.29 is 17.6 Å². The zero-order valence-electron chi connectivity index (χ0n) is 11.0. The predicted molar refractivity (Wildman–Crippen MR) is 68.2 cm³/mol. The van der Waals surface area contributed by atoms with E-state index >= 15 is 0 Å². The van der Waals surface area contributed by atoms with Crippen molar-refractivity contribution in [3.8, 4) is 0 Å². The topological polar surface area (TPSA) is 26.0 Å². The molecule has 0 aromatic heterocycles. The van der Waals surface area contributed by atoms with Crippen LogP contribution in [0.2, 0.25) is 0 Å². The first kappa shape index (κ1) is 14.5. The average molecular weight is 283 g/mol. The second-order valence-corrected chi connectivity index (χ2v) is 4.71. The molecule has 0 spiro atoms. The second-order valence-electron chi connectivity index (χ2n) is 4.71. The third-order valence-corrected chi connectivity index (χ3v) is 3.22. The highest BCUT2D eigenvalue weighted by atomic mass is 19.1. The maximum Gasteiger partial charge on any atom is 0.134 e. The van der Waals surface area contributed by atoms with Gasteiger partial charge in [-0.2, -0.15) is 0 Å². The van der Waals surface area contributed by atoms with E-state index in [9.17, 15) is 17.6 Å². The summed E-state index contributed by atoms with van der Waals surface area (Å²) in [6.07, 6.45) is 0. The largest absolute Gasteiger partial charge is 0.320 e. The van der Waals surface area contributed by atoms with Gasteiger partial charge in [-0.25, -0.2) is 17.6 Å². The molecule has 0 aliphatic heterocycles. The van der Waals surface area contributed by atoms with E-state index in [0.717, 1.165) is 0 Å². The van der Waals surface area contributed by atoms with Gasteiger partial charge in [0.2, 0.25) is 0 Å². The number of hydrogen-bond donors (Lipinski definition) is 1. The maximum atomic E-state index is 13.8. The van der Waals surface area contributed by atoms with Crippen molar-refractivity contribution in [1.82, 2.24) is 0 Å². The fraction of sp³-hybridized carbons (Fsp3) is 0.200. The molecule has 1 nitrogen and oxygen atoms in total. The molecule has 1 atom stereocenters. The highest BCUT2D eigenvalue weighted by Gasteiger charge is 2.22. The molecule has 2 N–H and O–H groups in total. The highest BCUT2D eigenvalue weighted by molar-refractivity contribution is 5.42. The number of rotatable bonds is 2. The molecule has 2 aromatic carbocycles. The molecule has 0 fully saturated rings. The average Bonchev–Trinajstić information content (AvgIpc) is 2.25. The van der Waals surface area contributed by atoms with Gasteiger partial charge in [-0.3, -0.25) is 0 Å². The summed E-state index contributed by atoms with van der Waals surface area (Å²) in [5.41, 5.74) is 6.86. The van der Waals surface area contributed by atoms with Gasteiger partial charge in [0.05, 0.1) is 6.04 Å². The van der Waals surface area contributed by atoms with E-state index in [1.807, 2.05) is 0 Å². The normalized spacial score (nSPS) is 12.6. The van der Waals surface area contributed by atoms with Crippen LogP contribution in [0.1, 0.15) is 28.3 Å². The third kappa shape index (κ3) is 2.54. The Bertz CT molecular complexity index is 563. The van der Waals surface area contributed by atoms with E-state index in [4.69, 9.17) is 5.73 Å². The fourth-order valence-corrected chi connectivity index (χ4v) is 2.41. The smallest absolute Gasteiger partial charge is 0.134 e. The quantitative estimate of drug-likeness (QED) is 0.831. The summed E-state index contributed by atoms with van der Waals surface area (Å²) < 4.78 is 53.7. The molecule has 5 heteroatoms. The van der Waals surface area contributed by atoms with E-state index in [1.165, 1.54) is 12.1 Å². The van der Waals surface area contributed by atoms with E-state index in [1.54, 1.807) is 13.8 Å². The molecule has 0 amide bonds. The monoisotopic (exact) mass is 283 g/mol. The molecule has 2 rings (SSSR count). The minimum absolute atomic E-state index is 0.427. The molecule has 0 heterocycles. The lowest BCUT2D eigenvalue weighted by molar-refractivity contribution is 0.514. The fourth-order valence-electron chi connectivity index (χ4n) is 2.41. The van der Waals surface area contributed by atoms with Crippen LogP contribution in [0.5, 0.6) is 0 Å². The van der Waals surface area contributed by atoms with Crippen molar-refractivity contribution in [1.29, 1.82) is 0 Å². The lowest BCUT2D eigenvalue weighted by atomic mass is 9.91. The summed E-state index contributed by atoms with van der Waals surface area (Å²) >= 11 is 0. The van der Waals surface area contributed by atoms with Gasteiger partial charge in [0, 0.05) is 17.7 Å². The summed E-state index contributed by atoms with van der Waals surface area (Å²) in [5, 5.41) is 0. The molecule has 0 saturated heterocycles. The summed E-state index contributed by atoms with van der Waals surface area (Å²) in [6, 6.07) is 2.50. The first-order valence-corrected chi connectivity index (χ1v) is 5.98. The van der Waals surface area contributed by atoms with Gasteiger partial charge in [0.1, 0.15) is 23.3 Å². The third-order valence-electron chi connectivity index (χ3n) is 3.22. The number of halogens is 4. The molecule has 0 bridgehead atoms. The van der Waals surface area contributed by atoms with Crippen LogP contribution in [0.4, 0.5) is 17.6 Å². The van der Waals surface area contributed by atoms with Gasteiger partial charge in [-0.05, 0) is 42.7 Å². The number of aryl methyl sites for hydroxylation is 2. The Morgan fingerprint density at radius 2 is 1.15 bits per heavy atom. The lowest BCUT2D eigenvalue weighted by Gasteiger charge is -2.19. The Labute approximate surface area is 114 Å². The Morgan fingerprint density at radius 3 is 1.60 bits per heavy atom. The molecule has 0 saturated carbocycles. The summed E-state index contributed by atoms with van der Waals surface area (Å²) in [4.78, 5) is 0. The minimum atomic E-state index is -1.13. The molecule has 1 unspecified atom stereocenters. The Morgan fingerprint density at radius 1 is 0.750 bits per heavy atom. The van der Waals surface area contributed by atoms with E-state index < -0.39 is 34.9 Å². The molecular weight excluding hydrogens is 270 g/mol. The van der Waals surface area contributed by atoms with Crippen molar-refractivity contribution in [2.75, 3.05) is 0 Å². The standard InChI is InChI=1S/C15H13F4N/c1-7-3-9(16)4-8(2)13(7)15(20)14-11(18)5-10(17)6-12(14)19/h3-6,15H,20H2,1-2H3. The molecule has 2 aromatic rings. The van der Waals surface area contributed by atoms with Crippen LogP contribution < -0.4 is 5.73 Å². The predicted octanol–water partition coefficient (Wildman–Crippen LogP) is 3.91. The van der Waals surface area contributed by atoms with Crippen LogP contribution >= 0.6 is 0 Å². The number of hydrogen-bond acceptors (Lipinski definition) is 1. The Kier molecular flexibility index (Phi) is 3.81. The van der Waals surface area contributed by atoms with Gasteiger partial charge in [-0.1, -0.05) is 0 Å². The molecule has 0 aliphatic rings. The SMILES string of the molecule is Cc1cc(F)cc(C)c1C(N)c1c(F)cc(F)cc1F. The zero-order valence-corrected chi connectivity index (χ0v) is 11.0. The summed E-state index contributed by atoms with van der Waals surface area (Å²) in [5.74, 6) is -3.57. The van der Waals surface area contributed by atoms with Gasteiger partial charge in [0.15, 0.2) is 0 Å². The highest BCUT2D eigenvalue weighted by Crippen LogP contribution is 2.30. The molecular formula is C15H13F4N. The molecule has 20 heavy (non-hydrogen) atoms. The van der Waals surface area contributed by atoms with Crippen molar-refractivity contribution in [2.45, 2.75) is 19.9 Å². The Balaban J connectivity index is 2.61.